The van der Waals surface area contributed by atoms with Crippen molar-refractivity contribution in [3.63, 3.8) is 0 Å². The zero-order valence-corrected chi connectivity index (χ0v) is 13.8. The molecule has 0 saturated heterocycles. The molecule has 0 radical (unpaired) electrons. The first-order valence-electron chi connectivity index (χ1n) is 8.14. The molecule has 0 heterocycles. The zero-order valence-electron chi connectivity index (χ0n) is 13.8. The zero-order chi connectivity index (χ0) is 17.5. The number of hydrogen-bond donors (Lipinski definition) is 1. The van der Waals surface area contributed by atoms with Crippen LogP contribution in [0.4, 0.5) is 0 Å². The monoisotopic (exact) mass is 333 g/mol. The lowest BCUT2D eigenvalue weighted by molar-refractivity contribution is -0.145. The fraction of sp³-hybridized carbons (Fsp3) is 0.143. The number of amides is 1. The summed E-state index contributed by atoms with van der Waals surface area (Å²) in [4.78, 5) is 23.7. The van der Waals surface area contributed by atoms with Gasteiger partial charge in [-0.3, -0.25) is 9.59 Å². The predicted molar refractivity (Wildman–Crippen MR) is 96.9 cm³/mol. The van der Waals surface area contributed by atoms with Gasteiger partial charge in [0.15, 0.2) is 0 Å². The van der Waals surface area contributed by atoms with E-state index in [2.05, 4.69) is 5.32 Å². The van der Waals surface area contributed by atoms with Crippen molar-refractivity contribution < 1.29 is 14.3 Å². The summed E-state index contributed by atoms with van der Waals surface area (Å²) in [5.41, 5.74) is 1.83. The summed E-state index contributed by atoms with van der Waals surface area (Å²) >= 11 is 0. The highest BCUT2D eigenvalue weighted by Gasteiger charge is 2.08. The minimum atomic E-state index is -0.448. The lowest BCUT2D eigenvalue weighted by Crippen LogP contribution is -2.31. The summed E-state index contributed by atoms with van der Waals surface area (Å²) in [7, 11) is 0. The Balaban J connectivity index is 1.46. The Labute approximate surface area is 146 Å². The van der Waals surface area contributed by atoms with Crippen LogP contribution in [0.15, 0.2) is 72.8 Å². The Morgan fingerprint density at radius 2 is 1.52 bits per heavy atom. The molecule has 126 valence electrons. The van der Waals surface area contributed by atoms with Crippen LogP contribution >= 0.6 is 0 Å². The molecule has 3 rings (SSSR count). The second-order valence-corrected chi connectivity index (χ2v) is 5.78. The Morgan fingerprint density at radius 1 is 0.800 bits per heavy atom. The maximum absolute atomic E-state index is 12.0. The number of fused-ring (bicyclic) bond motifs is 1. The van der Waals surface area contributed by atoms with Crippen LogP contribution in [0.3, 0.4) is 0 Å². The molecule has 0 saturated carbocycles. The van der Waals surface area contributed by atoms with Crippen molar-refractivity contribution >= 4 is 22.6 Å². The molecule has 0 atom stereocenters. The van der Waals surface area contributed by atoms with E-state index in [9.17, 15) is 9.59 Å². The minimum absolute atomic E-state index is 0.126. The van der Waals surface area contributed by atoms with Gasteiger partial charge in [-0.25, -0.2) is 0 Å². The van der Waals surface area contributed by atoms with Crippen LogP contribution < -0.4 is 5.32 Å². The molecule has 3 aromatic carbocycles. The van der Waals surface area contributed by atoms with E-state index in [0.29, 0.717) is 0 Å². The van der Waals surface area contributed by atoms with Crippen LogP contribution in [0, 0.1) is 0 Å². The molecule has 3 aromatic rings. The molecule has 25 heavy (non-hydrogen) atoms. The summed E-state index contributed by atoms with van der Waals surface area (Å²) in [5.74, 6) is -0.650. The van der Waals surface area contributed by atoms with Gasteiger partial charge in [-0.15, -0.1) is 0 Å². The second-order valence-electron chi connectivity index (χ2n) is 5.78. The molecule has 0 unspecified atom stereocenters. The molecular formula is C21H19NO3. The van der Waals surface area contributed by atoms with Crippen LogP contribution in [-0.2, 0) is 27.4 Å². The molecule has 0 aliphatic rings. The van der Waals surface area contributed by atoms with Crippen LogP contribution in [0.25, 0.3) is 10.8 Å². The topological polar surface area (TPSA) is 55.4 Å². The van der Waals surface area contributed by atoms with Gasteiger partial charge in [0.1, 0.15) is 13.2 Å². The number of nitrogens with one attached hydrogen (secondary N) is 1. The van der Waals surface area contributed by atoms with E-state index in [4.69, 9.17) is 4.74 Å². The third-order valence-electron chi connectivity index (χ3n) is 3.85. The van der Waals surface area contributed by atoms with Gasteiger partial charge >= 0.3 is 5.97 Å². The minimum Gasteiger partial charge on any atom is -0.460 e. The van der Waals surface area contributed by atoms with E-state index >= 15 is 0 Å². The lowest BCUT2D eigenvalue weighted by atomic mass is 10.1. The van der Waals surface area contributed by atoms with E-state index in [1.54, 1.807) is 0 Å². The number of esters is 1. The SMILES string of the molecule is O=C(Cc1ccc2ccccc2c1)NCC(=O)OCc1ccccc1. The van der Waals surface area contributed by atoms with Crippen molar-refractivity contribution in [1.82, 2.24) is 5.32 Å². The van der Waals surface area contributed by atoms with Crippen molar-refractivity contribution in [3.8, 4) is 0 Å². The molecule has 4 heteroatoms. The molecular weight excluding hydrogens is 314 g/mol. The molecule has 0 fully saturated rings. The number of carbonyl (C=O) groups excluding carboxylic acids is 2. The fourth-order valence-corrected chi connectivity index (χ4v) is 2.56. The first-order chi connectivity index (χ1) is 12.2. The largest absolute Gasteiger partial charge is 0.460 e. The van der Waals surface area contributed by atoms with Gasteiger partial charge in [0.05, 0.1) is 6.42 Å². The summed E-state index contributed by atoms with van der Waals surface area (Å²) in [6, 6.07) is 23.3. The molecule has 0 aliphatic heterocycles. The van der Waals surface area contributed by atoms with Crippen molar-refractivity contribution in [3.05, 3.63) is 83.9 Å². The maximum atomic E-state index is 12.0. The Kier molecular flexibility index (Phi) is 5.42. The number of ether oxygens (including phenoxy) is 1. The first-order valence-corrected chi connectivity index (χ1v) is 8.14. The Hall–Kier alpha value is -3.14. The lowest BCUT2D eigenvalue weighted by Gasteiger charge is -2.07. The summed E-state index contributed by atoms with van der Waals surface area (Å²) < 4.78 is 5.13. The Bertz CT molecular complexity index is 874. The molecule has 4 nitrogen and oxygen atoms in total. The normalized spacial score (nSPS) is 10.4. The summed E-state index contributed by atoms with van der Waals surface area (Å²) in [6.45, 7) is 0.0828. The third-order valence-corrected chi connectivity index (χ3v) is 3.85. The van der Waals surface area contributed by atoms with Gasteiger partial charge in [-0.05, 0) is 21.9 Å². The predicted octanol–water partition coefficient (Wildman–Crippen LogP) is 3.24. The third kappa shape index (κ3) is 4.91. The highest BCUT2D eigenvalue weighted by Crippen LogP contribution is 2.15. The highest BCUT2D eigenvalue weighted by atomic mass is 16.5. The van der Waals surface area contributed by atoms with Crippen LogP contribution in [0.1, 0.15) is 11.1 Å². The number of benzene rings is 3. The van der Waals surface area contributed by atoms with Crippen LogP contribution in [-0.4, -0.2) is 18.4 Å². The molecule has 1 N–H and O–H groups in total. The number of carbonyl (C=O) groups is 2. The van der Waals surface area contributed by atoms with Crippen molar-refractivity contribution in [2.45, 2.75) is 13.0 Å². The smallest absolute Gasteiger partial charge is 0.325 e. The highest BCUT2D eigenvalue weighted by molar-refractivity contribution is 5.86. The fourth-order valence-electron chi connectivity index (χ4n) is 2.56. The second kappa shape index (κ2) is 8.11. The number of rotatable bonds is 6. The van der Waals surface area contributed by atoms with Gasteiger partial charge in [-0.2, -0.15) is 0 Å². The van der Waals surface area contributed by atoms with Crippen molar-refractivity contribution in [2.24, 2.45) is 0 Å². The van der Waals surface area contributed by atoms with E-state index in [1.165, 1.54) is 0 Å². The molecule has 0 aromatic heterocycles. The van der Waals surface area contributed by atoms with E-state index in [1.807, 2.05) is 72.8 Å². The van der Waals surface area contributed by atoms with Gasteiger partial charge in [0.2, 0.25) is 5.91 Å². The van der Waals surface area contributed by atoms with Gasteiger partial charge in [0, 0.05) is 0 Å². The molecule has 0 aliphatic carbocycles. The number of hydrogen-bond acceptors (Lipinski definition) is 3. The van der Waals surface area contributed by atoms with Gasteiger partial charge < -0.3 is 10.1 Å². The van der Waals surface area contributed by atoms with Gasteiger partial charge in [-0.1, -0.05) is 72.8 Å². The maximum Gasteiger partial charge on any atom is 0.325 e. The first kappa shape index (κ1) is 16.7. The summed E-state index contributed by atoms with van der Waals surface area (Å²) in [6.07, 6.45) is 0.233. The Morgan fingerprint density at radius 3 is 2.32 bits per heavy atom. The average Bonchev–Trinajstić information content (AvgIpc) is 2.65. The summed E-state index contributed by atoms with van der Waals surface area (Å²) in [5, 5.41) is 4.83. The van der Waals surface area contributed by atoms with Crippen LogP contribution in [0.2, 0.25) is 0 Å². The van der Waals surface area contributed by atoms with E-state index < -0.39 is 5.97 Å². The average molecular weight is 333 g/mol. The van der Waals surface area contributed by atoms with Crippen molar-refractivity contribution in [1.29, 1.82) is 0 Å². The van der Waals surface area contributed by atoms with Crippen molar-refractivity contribution in [2.75, 3.05) is 6.54 Å². The molecule has 0 bridgehead atoms. The standard InChI is InChI=1S/C21H19NO3/c23-20(13-17-10-11-18-8-4-5-9-19(18)12-17)22-14-21(24)25-15-16-6-2-1-3-7-16/h1-12H,13-15H2,(H,22,23). The molecule has 0 spiro atoms. The van der Waals surface area contributed by atoms with E-state index in [-0.39, 0.29) is 25.5 Å². The van der Waals surface area contributed by atoms with E-state index in [0.717, 1.165) is 21.9 Å². The molecule has 1 amide bonds. The van der Waals surface area contributed by atoms with Gasteiger partial charge in [0.25, 0.3) is 0 Å². The quantitative estimate of drug-likeness (QED) is 0.705. The van der Waals surface area contributed by atoms with Crippen LogP contribution in [0.5, 0.6) is 0 Å².